The fraction of sp³-hybridized carbons (Fsp3) is 0.300. The topological polar surface area (TPSA) is 107 Å². The Morgan fingerprint density at radius 2 is 2.03 bits per heavy atom. The summed E-state index contributed by atoms with van der Waals surface area (Å²) in [7, 11) is -4.02. The van der Waals surface area contributed by atoms with Crippen molar-refractivity contribution in [2.45, 2.75) is 32.5 Å². The molecule has 1 atom stereocenters. The maximum absolute atomic E-state index is 13.4. The Morgan fingerprint density at radius 3 is 2.76 bits per heavy atom. The number of carbonyl (C=O) groups is 1. The number of H-pyrrole nitrogens is 1. The van der Waals surface area contributed by atoms with Gasteiger partial charge >= 0.3 is 5.97 Å². The second-order valence-corrected chi connectivity index (χ2v) is 8.98. The lowest BCUT2D eigenvalue weighted by atomic mass is 10.1. The number of rotatable bonds is 6. The quantitative estimate of drug-likeness (QED) is 0.643. The van der Waals surface area contributed by atoms with Crippen LogP contribution in [-0.4, -0.2) is 50.7 Å². The molecule has 1 aromatic carbocycles. The van der Waals surface area contributed by atoms with Crippen LogP contribution in [0.5, 0.6) is 0 Å². The lowest BCUT2D eigenvalue weighted by Crippen LogP contribution is -2.51. The summed E-state index contributed by atoms with van der Waals surface area (Å²) in [6.07, 6.45) is 2.13. The highest BCUT2D eigenvalue weighted by molar-refractivity contribution is 7.86. The first kappa shape index (κ1) is 19.6. The first-order valence-electron chi connectivity index (χ1n) is 9.36. The SMILES string of the molecule is C[C@H](C(=O)O)N(Cc1ccccn1)S(=O)(=O)N1CCc2c([nH]c3ccccc23)C1. The van der Waals surface area contributed by atoms with Gasteiger partial charge in [0.25, 0.3) is 10.2 Å². The third kappa shape index (κ3) is 3.64. The molecule has 0 unspecified atom stereocenters. The van der Waals surface area contributed by atoms with Gasteiger partial charge in [0.05, 0.1) is 18.8 Å². The van der Waals surface area contributed by atoms with E-state index in [4.69, 9.17) is 0 Å². The normalized spacial score (nSPS) is 16.1. The second-order valence-electron chi connectivity index (χ2n) is 7.10. The maximum atomic E-state index is 13.4. The Bertz CT molecular complexity index is 1140. The van der Waals surface area contributed by atoms with Gasteiger partial charge < -0.3 is 10.1 Å². The van der Waals surface area contributed by atoms with E-state index < -0.39 is 22.2 Å². The lowest BCUT2D eigenvalue weighted by Gasteiger charge is -2.33. The van der Waals surface area contributed by atoms with E-state index in [0.717, 1.165) is 26.5 Å². The maximum Gasteiger partial charge on any atom is 0.321 e. The van der Waals surface area contributed by atoms with Gasteiger partial charge in [-0.15, -0.1) is 0 Å². The van der Waals surface area contributed by atoms with E-state index in [1.807, 2.05) is 24.3 Å². The smallest absolute Gasteiger partial charge is 0.321 e. The summed E-state index contributed by atoms with van der Waals surface area (Å²) < 4.78 is 29.2. The molecular formula is C20H22N4O4S. The van der Waals surface area contributed by atoms with Crippen molar-refractivity contribution in [2.75, 3.05) is 6.54 Å². The molecule has 4 rings (SSSR count). The van der Waals surface area contributed by atoms with Crippen molar-refractivity contribution in [1.82, 2.24) is 18.6 Å². The van der Waals surface area contributed by atoms with E-state index in [9.17, 15) is 18.3 Å². The largest absolute Gasteiger partial charge is 0.480 e. The van der Waals surface area contributed by atoms with Gasteiger partial charge in [0, 0.05) is 29.3 Å². The molecule has 29 heavy (non-hydrogen) atoms. The van der Waals surface area contributed by atoms with Crippen molar-refractivity contribution in [1.29, 1.82) is 0 Å². The van der Waals surface area contributed by atoms with Crippen LogP contribution >= 0.6 is 0 Å². The zero-order valence-electron chi connectivity index (χ0n) is 15.9. The molecule has 0 spiro atoms. The Morgan fingerprint density at radius 1 is 1.28 bits per heavy atom. The highest BCUT2D eigenvalue weighted by Crippen LogP contribution is 2.30. The van der Waals surface area contributed by atoms with E-state index in [2.05, 4.69) is 9.97 Å². The Labute approximate surface area is 169 Å². The number of aliphatic carboxylic acids is 1. The molecule has 8 nitrogen and oxygen atoms in total. The number of para-hydroxylation sites is 1. The number of hydrogen-bond donors (Lipinski definition) is 2. The standard InChI is InChI=1S/C20H22N4O4S/c1-14(20(25)26)24(12-15-6-4-5-10-21-15)29(27,28)23-11-9-17-16-7-2-3-8-18(16)22-19(17)13-23/h2-8,10,14,22H,9,11-13H2,1H3,(H,25,26)/t14-/m1/s1. The Hall–Kier alpha value is -2.75. The van der Waals surface area contributed by atoms with Crippen LogP contribution in [0.1, 0.15) is 23.9 Å². The van der Waals surface area contributed by atoms with Crippen molar-refractivity contribution in [3.05, 3.63) is 65.6 Å². The molecule has 0 bridgehead atoms. The average molecular weight is 414 g/mol. The Kier molecular flexibility index (Phi) is 5.12. The van der Waals surface area contributed by atoms with Crippen LogP contribution in [0.4, 0.5) is 0 Å². The number of fused-ring (bicyclic) bond motifs is 3. The highest BCUT2D eigenvalue weighted by Gasteiger charge is 2.38. The van der Waals surface area contributed by atoms with E-state index in [0.29, 0.717) is 18.7 Å². The summed E-state index contributed by atoms with van der Waals surface area (Å²) in [5.41, 5.74) is 3.44. The van der Waals surface area contributed by atoms with Gasteiger partial charge in [0.15, 0.2) is 0 Å². The molecule has 0 radical (unpaired) electrons. The number of nitrogens with zero attached hydrogens (tertiary/aromatic N) is 3. The van der Waals surface area contributed by atoms with Gasteiger partial charge in [-0.1, -0.05) is 24.3 Å². The van der Waals surface area contributed by atoms with E-state index in [-0.39, 0.29) is 13.1 Å². The summed E-state index contributed by atoms with van der Waals surface area (Å²) in [4.78, 5) is 19.1. The number of aromatic amines is 1. The van der Waals surface area contributed by atoms with E-state index in [1.165, 1.54) is 11.2 Å². The third-order valence-electron chi connectivity index (χ3n) is 5.30. The van der Waals surface area contributed by atoms with Crippen molar-refractivity contribution in [3.8, 4) is 0 Å². The molecule has 0 saturated heterocycles. The molecule has 2 N–H and O–H groups in total. The van der Waals surface area contributed by atoms with E-state index in [1.54, 1.807) is 24.4 Å². The van der Waals surface area contributed by atoms with Crippen LogP contribution in [0.15, 0.2) is 48.7 Å². The van der Waals surface area contributed by atoms with Crippen LogP contribution in [-0.2, 0) is 34.5 Å². The fourth-order valence-corrected chi connectivity index (χ4v) is 5.40. The van der Waals surface area contributed by atoms with Gasteiger partial charge in [0.1, 0.15) is 6.04 Å². The third-order valence-corrected chi connectivity index (χ3v) is 7.31. The van der Waals surface area contributed by atoms with Crippen molar-refractivity contribution < 1.29 is 18.3 Å². The van der Waals surface area contributed by atoms with Crippen LogP contribution in [0, 0.1) is 0 Å². The predicted molar refractivity (Wildman–Crippen MR) is 108 cm³/mol. The zero-order valence-corrected chi connectivity index (χ0v) is 16.8. The van der Waals surface area contributed by atoms with Crippen LogP contribution in [0.3, 0.4) is 0 Å². The first-order valence-corrected chi connectivity index (χ1v) is 10.8. The van der Waals surface area contributed by atoms with Gasteiger partial charge in [-0.05, 0) is 37.1 Å². The molecule has 9 heteroatoms. The predicted octanol–water partition coefficient (Wildman–Crippen LogP) is 2.14. The number of carboxylic acid groups (broad SMARTS) is 1. The van der Waals surface area contributed by atoms with Gasteiger partial charge in [0.2, 0.25) is 0 Å². The number of benzene rings is 1. The summed E-state index contributed by atoms with van der Waals surface area (Å²) in [6, 6.07) is 11.8. The molecule has 1 aliphatic rings. The zero-order chi connectivity index (χ0) is 20.6. The minimum Gasteiger partial charge on any atom is -0.480 e. The van der Waals surface area contributed by atoms with Crippen molar-refractivity contribution >= 4 is 27.1 Å². The highest BCUT2D eigenvalue weighted by atomic mass is 32.2. The lowest BCUT2D eigenvalue weighted by molar-refractivity contribution is -0.141. The van der Waals surface area contributed by atoms with Crippen LogP contribution in [0.2, 0.25) is 0 Å². The molecule has 3 heterocycles. The number of nitrogens with one attached hydrogen (secondary N) is 1. The van der Waals surface area contributed by atoms with Crippen molar-refractivity contribution in [2.24, 2.45) is 0 Å². The molecule has 0 saturated carbocycles. The van der Waals surface area contributed by atoms with Gasteiger partial charge in [-0.3, -0.25) is 9.78 Å². The first-order chi connectivity index (χ1) is 13.9. The summed E-state index contributed by atoms with van der Waals surface area (Å²) in [5, 5.41) is 10.6. The summed E-state index contributed by atoms with van der Waals surface area (Å²) in [5.74, 6) is -1.20. The molecule has 152 valence electrons. The number of carboxylic acids is 1. The minimum atomic E-state index is -4.02. The van der Waals surface area contributed by atoms with Crippen molar-refractivity contribution in [3.63, 3.8) is 0 Å². The minimum absolute atomic E-state index is 0.104. The van der Waals surface area contributed by atoms with Crippen LogP contribution in [0.25, 0.3) is 10.9 Å². The fourth-order valence-electron chi connectivity index (χ4n) is 3.71. The number of hydrogen-bond acceptors (Lipinski definition) is 4. The molecule has 0 amide bonds. The number of pyridine rings is 1. The van der Waals surface area contributed by atoms with Gasteiger partial charge in [-0.2, -0.15) is 17.0 Å². The molecule has 3 aromatic rings. The monoisotopic (exact) mass is 414 g/mol. The summed E-state index contributed by atoms with van der Waals surface area (Å²) >= 11 is 0. The molecule has 2 aromatic heterocycles. The average Bonchev–Trinajstić information content (AvgIpc) is 3.10. The molecule has 0 aliphatic carbocycles. The van der Waals surface area contributed by atoms with Crippen LogP contribution < -0.4 is 0 Å². The number of aromatic nitrogens is 2. The van der Waals surface area contributed by atoms with E-state index >= 15 is 0 Å². The molecular weight excluding hydrogens is 392 g/mol. The molecule has 1 aliphatic heterocycles. The molecule has 0 fully saturated rings. The summed E-state index contributed by atoms with van der Waals surface area (Å²) in [6.45, 7) is 1.74. The second kappa shape index (κ2) is 7.58. The van der Waals surface area contributed by atoms with Gasteiger partial charge in [-0.25, -0.2) is 0 Å². The Balaban J connectivity index is 1.66.